The van der Waals surface area contributed by atoms with Crippen molar-refractivity contribution < 1.29 is 14.3 Å². The summed E-state index contributed by atoms with van der Waals surface area (Å²) in [7, 11) is 0. The lowest BCUT2D eigenvalue weighted by molar-refractivity contribution is -0.120. The maximum atomic E-state index is 12.8. The van der Waals surface area contributed by atoms with Crippen molar-refractivity contribution in [2.45, 2.75) is 44.3 Å². The average Bonchev–Trinajstić information content (AvgIpc) is 3.47. The third-order valence-electron chi connectivity index (χ3n) is 6.66. The third-order valence-corrected chi connectivity index (χ3v) is 7.59. The molecule has 0 unspecified atom stereocenters. The molecule has 2 aromatic carbocycles. The molecule has 1 saturated carbocycles. The fraction of sp³-hybridized carbons (Fsp3) is 0.400. The Labute approximate surface area is 197 Å². The van der Waals surface area contributed by atoms with Gasteiger partial charge in [-0.3, -0.25) is 9.36 Å². The molecule has 8 heteroatoms. The molecule has 0 radical (unpaired) electrons. The van der Waals surface area contributed by atoms with Gasteiger partial charge in [0, 0.05) is 17.3 Å². The zero-order valence-corrected chi connectivity index (χ0v) is 19.7. The fourth-order valence-electron chi connectivity index (χ4n) is 4.56. The van der Waals surface area contributed by atoms with E-state index >= 15 is 0 Å². The van der Waals surface area contributed by atoms with Crippen LogP contribution in [0.1, 0.15) is 33.1 Å². The van der Waals surface area contributed by atoms with E-state index in [-0.39, 0.29) is 18.7 Å². The molecular weight excluding hydrogens is 436 g/mol. The van der Waals surface area contributed by atoms with E-state index in [2.05, 4.69) is 29.4 Å². The number of aromatic nitrogens is 3. The molecule has 7 nitrogen and oxygen atoms in total. The lowest BCUT2D eigenvalue weighted by atomic mass is 9.78. The number of carbonyl (C=O) groups excluding carboxylic acids is 1. The second-order valence-corrected chi connectivity index (χ2v) is 9.72. The summed E-state index contributed by atoms with van der Waals surface area (Å²) in [6.07, 6.45) is 3.46. The number of fused-ring (bicyclic) bond motifs is 1. The number of thioether (sulfide) groups is 1. The van der Waals surface area contributed by atoms with E-state index in [0.29, 0.717) is 34.3 Å². The van der Waals surface area contributed by atoms with Gasteiger partial charge < -0.3 is 14.8 Å². The van der Waals surface area contributed by atoms with Crippen molar-refractivity contribution in [1.29, 1.82) is 0 Å². The summed E-state index contributed by atoms with van der Waals surface area (Å²) in [4.78, 5) is 12.8. The molecule has 0 bridgehead atoms. The second kappa shape index (κ2) is 9.47. The molecule has 1 amide bonds. The lowest BCUT2D eigenvalue weighted by Gasteiger charge is -2.34. The number of nitrogens with zero attached hydrogens (tertiary/aromatic N) is 3. The number of hydrogen-bond donors (Lipinski definition) is 1. The van der Waals surface area contributed by atoms with Gasteiger partial charge in [-0.2, -0.15) is 0 Å². The van der Waals surface area contributed by atoms with Crippen molar-refractivity contribution in [2.24, 2.45) is 11.8 Å². The summed E-state index contributed by atoms with van der Waals surface area (Å²) >= 11 is 1.40. The molecule has 0 saturated heterocycles. The second-order valence-electron chi connectivity index (χ2n) is 8.78. The topological polar surface area (TPSA) is 78.3 Å². The van der Waals surface area contributed by atoms with Crippen LogP contribution in [0.5, 0.6) is 11.5 Å². The van der Waals surface area contributed by atoms with Gasteiger partial charge in [0.05, 0.1) is 5.75 Å². The summed E-state index contributed by atoms with van der Waals surface area (Å²) in [6, 6.07) is 15.9. The number of para-hydroxylation sites is 1. The average molecular weight is 465 g/mol. The van der Waals surface area contributed by atoms with Crippen LogP contribution in [0.2, 0.25) is 0 Å². The van der Waals surface area contributed by atoms with Crippen LogP contribution in [0.15, 0.2) is 53.7 Å². The zero-order valence-electron chi connectivity index (χ0n) is 18.9. The first-order valence-corrected chi connectivity index (χ1v) is 12.4. The minimum atomic E-state index is 0.0400. The van der Waals surface area contributed by atoms with Gasteiger partial charge in [-0.15, -0.1) is 10.2 Å². The van der Waals surface area contributed by atoms with Gasteiger partial charge in [0.15, 0.2) is 22.5 Å². The van der Waals surface area contributed by atoms with Crippen LogP contribution >= 0.6 is 11.8 Å². The monoisotopic (exact) mass is 464 g/mol. The van der Waals surface area contributed by atoms with E-state index in [1.807, 2.05) is 53.1 Å². The summed E-state index contributed by atoms with van der Waals surface area (Å²) in [5, 5.41) is 12.8. The third kappa shape index (κ3) is 4.57. The largest absolute Gasteiger partial charge is 0.454 e. The van der Waals surface area contributed by atoms with Gasteiger partial charge in [0.1, 0.15) is 0 Å². The van der Waals surface area contributed by atoms with E-state index in [0.717, 1.165) is 23.4 Å². The van der Waals surface area contributed by atoms with Crippen molar-refractivity contribution in [3.63, 3.8) is 0 Å². The van der Waals surface area contributed by atoms with Gasteiger partial charge in [0.2, 0.25) is 12.7 Å². The molecule has 1 aliphatic carbocycles. The van der Waals surface area contributed by atoms with Crippen LogP contribution in [0.3, 0.4) is 0 Å². The maximum absolute atomic E-state index is 12.8. The Morgan fingerprint density at radius 2 is 1.91 bits per heavy atom. The van der Waals surface area contributed by atoms with E-state index in [1.165, 1.54) is 24.6 Å². The Hall–Kier alpha value is -3.00. The smallest absolute Gasteiger partial charge is 0.231 e. The first-order chi connectivity index (χ1) is 16.1. The molecule has 1 N–H and O–H groups in total. The molecule has 172 valence electrons. The minimum absolute atomic E-state index is 0.0400. The van der Waals surface area contributed by atoms with Crippen LogP contribution in [0.25, 0.3) is 17.1 Å². The number of hydrogen-bond acceptors (Lipinski definition) is 6. The van der Waals surface area contributed by atoms with E-state index in [1.54, 1.807) is 0 Å². The lowest BCUT2D eigenvalue weighted by Crippen LogP contribution is -2.44. The van der Waals surface area contributed by atoms with Gasteiger partial charge in [-0.05, 0) is 48.6 Å². The summed E-state index contributed by atoms with van der Waals surface area (Å²) in [5.74, 6) is 3.58. The fourth-order valence-corrected chi connectivity index (χ4v) is 5.32. The highest BCUT2D eigenvalue weighted by Crippen LogP contribution is 2.37. The summed E-state index contributed by atoms with van der Waals surface area (Å²) in [6.45, 7) is 4.74. The molecule has 2 heterocycles. The van der Waals surface area contributed by atoms with E-state index < -0.39 is 0 Å². The Morgan fingerprint density at radius 3 is 2.76 bits per heavy atom. The predicted molar refractivity (Wildman–Crippen MR) is 128 cm³/mol. The Morgan fingerprint density at radius 1 is 1.09 bits per heavy atom. The van der Waals surface area contributed by atoms with Crippen LogP contribution < -0.4 is 14.8 Å². The highest BCUT2D eigenvalue weighted by Gasteiger charge is 2.28. The van der Waals surface area contributed by atoms with E-state index in [9.17, 15) is 4.79 Å². The number of rotatable bonds is 6. The number of amides is 1. The quantitative estimate of drug-likeness (QED) is 0.533. The molecular formula is C25H28N4O3S. The van der Waals surface area contributed by atoms with Crippen molar-refractivity contribution in [1.82, 2.24) is 20.1 Å². The van der Waals surface area contributed by atoms with Gasteiger partial charge in [0.25, 0.3) is 0 Å². The molecule has 1 fully saturated rings. The first-order valence-electron chi connectivity index (χ1n) is 11.4. The molecule has 0 spiro atoms. The Balaban J connectivity index is 1.37. The van der Waals surface area contributed by atoms with E-state index in [4.69, 9.17) is 9.47 Å². The first kappa shape index (κ1) is 21.8. The summed E-state index contributed by atoms with van der Waals surface area (Å²) < 4.78 is 13.0. The Bertz CT molecular complexity index is 1130. The van der Waals surface area contributed by atoms with Gasteiger partial charge >= 0.3 is 0 Å². The van der Waals surface area contributed by atoms with Crippen molar-refractivity contribution in [2.75, 3.05) is 12.5 Å². The number of carbonyl (C=O) groups is 1. The summed E-state index contributed by atoms with van der Waals surface area (Å²) in [5.41, 5.74) is 1.81. The zero-order chi connectivity index (χ0) is 22.8. The van der Waals surface area contributed by atoms with Crippen LogP contribution in [0.4, 0.5) is 0 Å². The van der Waals surface area contributed by atoms with Crippen LogP contribution in [0, 0.1) is 11.8 Å². The van der Waals surface area contributed by atoms with Crippen LogP contribution in [-0.4, -0.2) is 39.3 Å². The number of nitrogens with one attached hydrogen (secondary N) is 1. The standard InChI is InChI=1S/C25H28N4O3S/c1-16-7-6-10-20(17(16)2)26-23(30)14-33-25-28-27-24(29(25)19-8-4-3-5-9-19)18-11-12-21-22(13-18)32-15-31-21/h3-5,8-9,11-13,16-17,20H,6-7,10,14-15H2,1-2H3,(H,26,30)/t16-,17+,20+/m1/s1. The van der Waals surface area contributed by atoms with Crippen LogP contribution in [-0.2, 0) is 4.79 Å². The normalized spacial score (nSPS) is 21.7. The molecule has 1 aliphatic heterocycles. The number of ether oxygens (including phenoxy) is 2. The van der Waals surface area contributed by atoms with Gasteiger partial charge in [-0.1, -0.05) is 56.7 Å². The SMILES string of the molecule is C[C@H]1[C@H](C)CCC[C@@H]1NC(=O)CSc1nnc(-c2ccc3c(c2)OCO3)n1-c1ccccc1. The molecule has 1 aromatic heterocycles. The molecule has 2 aliphatic rings. The predicted octanol–water partition coefficient (Wildman–Crippen LogP) is 4.70. The van der Waals surface area contributed by atoms with Crippen molar-refractivity contribution >= 4 is 17.7 Å². The highest BCUT2D eigenvalue weighted by molar-refractivity contribution is 7.99. The molecule has 3 atom stereocenters. The minimum Gasteiger partial charge on any atom is -0.454 e. The van der Waals surface area contributed by atoms with Gasteiger partial charge in [-0.25, -0.2) is 0 Å². The number of benzene rings is 2. The van der Waals surface area contributed by atoms with Crippen molar-refractivity contribution in [3.05, 3.63) is 48.5 Å². The maximum Gasteiger partial charge on any atom is 0.231 e. The molecule has 5 rings (SSSR count). The highest BCUT2D eigenvalue weighted by atomic mass is 32.2. The van der Waals surface area contributed by atoms with Crippen molar-refractivity contribution in [3.8, 4) is 28.6 Å². The molecule has 3 aromatic rings. The molecule has 33 heavy (non-hydrogen) atoms. The Kier molecular flexibility index (Phi) is 6.26.